The molecule has 0 aromatic heterocycles. The number of rotatable bonds is 6. The zero-order valence-corrected chi connectivity index (χ0v) is 17.2. The number of benzene rings is 2. The monoisotopic (exact) mass is 380 g/mol. The number of esters is 2. The molecule has 0 aliphatic heterocycles. The Labute approximate surface area is 167 Å². The van der Waals surface area contributed by atoms with Crippen molar-refractivity contribution in [2.24, 2.45) is 0 Å². The average molecular weight is 380 g/mol. The van der Waals surface area contributed by atoms with Crippen molar-refractivity contribution in [1.29, 1.82) is 0 Å². The summed E-state index contributed by atoms with van der Waals surface area (Å²) >= 11 is 0. The lowest BCUT2D eigenvalue weighted by Gasteiger charge is -2.21. The maximum atomic E-state index is 11.6. The Morgan fingerprint density at radius 1 is 0.893 bits per heavy atom. The minimum Gasteiger partial charge on any atom is -0.421 e. The second-order valence-corrected chi connectivity index (χ2v) is 7.80. The third kappa shape index (κ3) is 6.69. The molecule has 0 spiro atoms. The predicted molar refractivity (Wildman–Crippen MR) is 111 cm³/mol. The van der Waals surface area contributed by atoms with Crippen LogP contribution >= 0.6 is 0 Å². The van der Waals surface area contributed by atoms with Crippen LogP contribution in [0.3, 0.4) is 0 Å². The highest BCUT2D eigenvalue weighted by Gasteiger charge is 2.21. The van der Waals surface area contributed by atoms with Crippen LogP contribution in [0.5, 0.6) is 0 Å². The van der Waals surface area contributed by atoms with Gasteiger partial charge in [-0.1, -0.05) is 75.4 Å². The van der Waals surface area contributed by atoms with Crippen LogP contribution in [0.2, 0.25) is 0 Å². The van der Waals surface area contributed by atoms with Crippen molar-refractivity contribution in [3.05, 3.63) is 76.9 Å². The number of carbonyl (C=O) groups is 2. The molecular weight excluding hydrogens is 352 g/mol. The Morgan fingerprint density at radius 3 is 1.89 bits per heavy atom. The molecule has 4 heteroatoms. The molecule has 0 saturated carbocycles. The molecule has 0 fully saturated rings. The van der Waals surface area contributed by atoms with Crippen LogP contribution < -0.4 is 0 Å². The highest BCUT2D eigenvalue weighted by Crippen LogP contribution is 2.24. The molecule has 28 heavy (non-hydrogen) atoms. The van der Waals surface area contributed by atoms with E-state index in [1.807, 2.05) is 48.5 Å². The summed E-state index contributed by atoms with van der Waals surface area (Å²) in [4.78, 5) is 23.1. The molecule has 0 aliphatic rings. The van der Waals surface area contributed by atoms with Crippen LogP contribution in [0.4, 0.5) is 0 Å². The van der Waals surface area contributed by atoms with E-state index in [2.05, 4.69) is 32.9 Å². The third-order valence-corrected chi connectivity index (χ3v) is 4.23. The van der Waals surface area contributed by atoms with E-state index in [0.717, 1.165) is 11.1 Å². The summed E-state index contributed by atoms with van der Waals surface area (Å²) in [6.45, 7) is 9.09. The fraction of sp³-hybridized carbons (Fsp3) is 0.333. The van der Waals surface area contributed by atoms with Crippen molar-refractivity contribution in [2.75, 3.05) is 0 Å². The second kappa shape index (κ2) is 9.36. The fourth-order valence-corrected chi connectivity index (χ4v) is 2.80. The van der Waals surface area contributed by atoms with Crippen molar-refractivity contribution in [1.82, 2.24) is 0 Å². The SMILES string of the molecule is CC(=O)OC(OC(C)=O)C(=Cc1ccc(C(C)(C)C)cc1)Cc1ccccc1. The lowest BCUT2D eigenvalue weighted by atomic mass is 9.86. The minimum absolute atomic E-state index is 0.0626. The molecular formula is C24H28O4. The largest absolute Gasteiger partial charge is 0.421 e. The summed E-state index contributed by atoms with van der Waals surface area (Å²) in [6.07, 6.45) is 1.35. The standard InChI is InChI=1S/C24H28O4/c1-17(25)27-23(28-18(2)26)21(15-19-9-7-6-8-10-19)16-20-11-13-22(14-12-20)24(3,4)5/h6-14,16,23H,15H2,1-5H3. The Balaban J connectivity index is 2.41. The van der Waals surface area contributed by atoms with Crippen LogP contribution in [0.25, 0.3) is 6.08 Å². The first-order valence-corrected chi connectivity index (χ1v) is 9.34. The van der Waals surface area contributed by atoms with Crippen LogP contribution in [0, 0.1) is 0 Å². The quantitative estimate of drug-likeness (QED) is 0.519. The highest BCUT2D eigenvalue weighted by atomic mass is 16.7. The Kier molecular flexibility index (Phi) is 7.16. The zero-order valence-electron chi connectivity index (χ0n) is 17.2. The third-order valence-electron chi connectivity index (χ3n) is 4.23. The number of hydrogen-bond acceptors (Lipinski definition) is 4. The summed E-state index contributed by atoms with van der Waals surface area (Å²) in [5, 5.41) is 0. The van der Waals surface area contributed by atoms with E-state index < -0.39 is 18.2 Å². The average Bonchev–Trinajstić information content (AvgIpc) is 2.60. The molecule has 4 nitrogen and oxygen atoms in total. The second-order valence-electron chi connectivity index (χ2n) is 7.80. The van der Waals surface area contributed by atoms with E-state index in [-0.39, 0.29) is 5.41 Å². The Bertz CT molecular complexity index is 811. The first-order chi connectivity index (χ1) is 13.1. The summed E-state index contributed by atoms with van der Waals surface area (Å²) in [5.74, 6) is -1.01. The van der Waals surface area contributed by atoms with Gasteiger partial charge in [-0.2, -0.15) is 0 Å². The molecule has 0 aliphatic carbocycles. The van der Waals surface area contributed by atoms with E-state index in [1.165, 1.54) is 19.4 Å². The number of carbonyl (C=O) groups excluding carboxylic acids is 2. The molecule has 0 saturated heterocycles. The van der Waals surface area contributed by atoms with Gasteiger partial charge in [0.05, 0.1) is 0 Å². The van der Waals surface area contributed by atoms with Crippen LogP contribution in [-0.4, -0.2) is 18.2 Å². The summed E-state index contributed by atoms with van der Waals surface area (Å²) in [7, 11) is 0. The first kappa shape index (κ1) is 21.4. The van der Waals surface area contributed by atoms with Crippen LogP contribution in [0.15, 0.2) is 60.2 Å². The minimum atomic E-state index is -1.06. The van der Waals surface area contributed by atoms with Gasteiger partial charge in [0.25, 0.3) is 6.29 Å². The van der Waals surface area contributed by atoms with Crippen molar-refractivity contribution in [3.63, 3.8) is 0 Å². The van der Waals surface area contributed by atoms with Crippen LogP contribution in [-0.2, 0) is 30.9 Å². The molecule has 0 bridgehead atoms. The molecule has 0 radical (unpaired) electrons. The van der Waals surface area contributed by atoms with Gasteiger partial charge in [-0.15, -0.1) is 0 Å². The molecule has 0 atom stereocenters. The first-order valence-electron chi connectivity index (χ1n) is 9.34. The van der Waals surface area contributed by atoms with Gasteiger partial charge in [0.15, 0.2) is 0 Å². The lowest BCUT2D eigenvalue weighted by molar-refractivity contribution is -0.178. The number of ether oxygens (including phenoxy) is 2. The van der Waals surface area contributed by atoms with Gasteiger partial charge in [-0.3, -0.25) is 9.59 Å². The highest BCUT2D eigenvalue weighted by molar-refractivity contribution is 5.69. The van der Waals surface area contributed by atoms with Gasteiger partial charge in [0.2, 0.25) is 0 Å². The van der Waals surface area contributed by atoms with E-state index in [0.29, 0.717) is 12.0 Å². The molecule has 0 N–H and O–H groups in total. The topological polar surface area (TPSA) is 52.6 Å². The van der Waals surface area contributed by atoms with Crippen molar-refractivity contribution in [2.45, 2.75) is 52.7 Å². The van der Waals surface area contributed by atoms with E-state index >= 15 is 0 Å². The van der Waals surface area contributed by atoms with Gasteiger partial charge < -0.3 is 9.47 Å². The van der Waals surface area contributed by atoms with E-state index in [1.54, 1.807) is 0 Å². The zero-order chi connectivity index (χ0) is 20.7. The number of hydrogen-bond donors (Lipinski definition) is 0. The smallest absolute Gasteiger partial charge is 0.305 e. The molecule has 2 aromatic carbocycles. The van der Waals surface area contributed by atoms with Crippen molar-refractivity contribution < 1.29 is 19.1 Å². The van der Waals surface area contributed by atoms with Crippen molar-refractivity contribution >= 4 is 18.0 Å². The maximum Gasteiger partial charge on any atom is 0.305 e. The summed E-state index contributed by atoms with van der Waals surface area (Å²) in [5.41, 5.74) is 3.96. The van der Waals surface area contributed by atoms with Crippen LogP contribution in [0.1, 0.15) is 51.3 Å². The molecule has 0 unspecified atom stereocenters. The van der Waals surface area contributed by atoms with Gasteiger partial charge in [0, 0.05) is 25.8 Å². The predicted octanol–water partition coefficient (Wildman–Crippen LogP) is 5.06. The van der Waals surface area contributed by atoms with E-state index in [4.69, 9.17) is 9.47 Å². The molecule has 148 valence electrons. The normalized spacial score (nSPS) is 12.0. The van der Waals surface area contributed by atoms with E-state index in [9.17, 15) is 9.59 Å². The fourth-order valence-electron chi connectivity index (χ4n) is 2.80. The molecule has 2 rings (SSSR count). The van der Waals surface area contributed by atoms with Gasteiger partial charge >= 0.3 is 11.9 Å². The van der Waals surface area contributed by atoms with Gasteiger partial charge in [-0.05, 0) is 28.2 Å². The molecule has 0 amide bonds. The van der Waals surface area contributed by atoms with Gasteiger partial charge in [-0.25, -0.2) is 0 Å². The maximum absolute atomic E-state index is 11.6. The Hall–Kier alpha value is -2.88. The lowest BCUT2D eigenvalue weighted by Crippen LogP contribution is -2.25. The Morgan fingerprint density at radius 2 is 1.43 bits per heavy atom. The molecule has 2 aromatic rings. The summed E-state index contributed by atoms with van der Waals surface area (Å²) in [6, 6.07) is 18.0. The molecule has 0 heterocycles. The van der Waals surface area contributed by atoms with Gasteiger partial charge in [0.1, 0.15) is 0 Å². The van der Waals surface area contributed by atoms with Crippen molar-refractivity contribution in [3.8, 4) is 0 Å². The summed E-state index contributed by atoms with van der Waals surface area (Å²) < 4.78 is 10.6.